The third-order valence-electron chi connectivity index (χ3n) is 4.04. The molecule has 0 amide bonds. The highest BCUT2D eigenvalue weighted by Gasteiger charge is 2.19. The number of hydrogen-bond acceptors (Lipinski definition) is 6. The quantitative estimate of drug-likeness (QED) is 0.756. The van der Waals surface area contributed by atoms with Crippen LogP contribution in [0.5, 0.6) is 0 Å². The maximum absolute atomic E-state index is 13.4. The van der Waals surface area contributed by atoms with Crippen LogP contribution < -0.4 is 10.6 Å². The molecule has 0 bridgehead atoms. The Morgan fingerprint density at radius 3 is 2.88 bits per heavy atom. The summed E-state index contributed by atoms with van der Waals surface area (Å²) in [5, 5.41) is 11.2. The zero-order chi connectivity index (χ0) is 17.4. The summed E-state index contributed by atoms with van der Waals surface area (Å²) in [6, 6.07) is 3.70. The highest BCUT2D eigenvalue weighted by molar-refractivity contribution is 5.88. The van der Waals surface area contributed by atoms with Crippen molar-refractivity contribution in [3.05, 3.63) is 36.0 Å². The van der Waals surface area contributed by atoms with E-state index in [4.69, 9.17) is 4.74 Å². The number of aromatic nitrogens is 4. The molecule has 2 aromatic heterocycles. The fraction of sp³-hybridized carbons (Fsp3) is 0.312. The van der Waals surface area contributed by atoms with Crippen LogP contribution in [0.1, 0.15) is 6.42 Å². The van der Waals surface area contributed by atoms with Crippen molar-refractivity contribution in [3.8, 4) is 0 Å². The van der Waals surface area contributed by atoms with E-state index in [-0.39, 0.29) is 12.0 Å². The van der Waals surface area contributed by atoms with Gasteiger partial charge in [-0.15, -0.1) is 0 Å². The van der Waals surface area contributed by atoms with Gasteiger partial charge in [-0.1, -0.05) is 0 Å². The second-order valence-electron chi connectivity index (χ2n) is 5.86. The molecule has 1 aliphatic rings. The van der Waals surface area contributed by atoms with Crippen LogP contribution in [0.25, 0.3) is 11.0 Å². The van der Waals surface area contributed by atoms with E-state index in [0.717, 1.165) is 23.9 Å². The molecule has 1 aliphatic heterocycles. The third-order valence-corrected chi connectivity index (χ3v) is 4.04. The van der Waals surface area contributed by atoms with Gasteiger partial charge < -0.3 is 15.4 Å². The topological polar surface area (TPSA) is 76.9 Å². The van der Waals surface area contributed by atoms with Gasteiger partial charge in [-0.05, 0) is 18.6 Å². The number of rotatable bonds is 4. The van der Waals surface area contributed by atoms with Gasteiger partial charge in [-0.25, -0.2) is 8.78 Å². The highest BCUT2D eigenvalue weighted by Crippen LogP contribution is 2.25. The van der Waals surface area contributed by atoms with Crippen molar-refractivity contribution in [2.45, 2.75) is 12.5 Å². The van der Waals surface area contributed by atoms with Crippen molar-refractivity contribution in [2.75, 3.05) is 23.8 Å². The first-order valence-electron chi connectivity index (χ1n) is 7.86. The number of aryl methyl sites for hydroxylation is 1. The van der Waals surface area contributed by atoms with Gasteiger partial charge in [0.05, 0.1) is 24.2 Å². The molecule has 1 aromatic carbocycles. The predicted molar refractivity (Wildman–Crippen MR) is 88.8 cm³/mol. The number of anilines is 3. The maximum Gasteiger partial charge on any atom is 0.231 e. The van der Waals surface area contributed by atoms with Crippen LogP contribution in [0.2, 0.25) is 0 Å². The van der Waals surface area contributed by atoms with E-state index in [9.17, 15) is 8.78 Å². The van der Waals surface area contributed by atoms with Crippen LogP contribution in [0.15, 0.2) is 24.4 Å². The number of nitrogens with zero attached hydrogens (tertiary/aromatic N) is 4. The minimum Gasteiger partial charge on any atom is -0.379 e. The van der Waals surface area contributed by atoms with Crippen molar-refractivity contribution in [1.82, 2.24) is 19.7 Å². The number of nitrogens with one attached hydrogen (secondary N) is 2. The van der Waals surface area contributed by atoms with Crippen molar-refractivity contribution >= 4 is 28.5 Å². The first-order valence-corrected chi connectivity index (χ1v) is 7.86. The standard InChI is InChI=1S/C16H16F2N6O/c1-24-15-11(7-19-24)14(20-10-4-5-25-8-10)22-16(23-15)21-9-2-3-12(17)13(18)6-9/h2-3,6-7,10H,4-5,8H2,1H3,(H2,20,21,22,23). The van der Waals surface area contributed by atoms with Crippen LogP contribution in [0, 0.1) is 11.6 Å². The predicted octanol–water partition coefficient (Wildman–Crippen LogP) is 2.59. The fourth-order valence-corrected chi connectivity index (χ4v) is 2.73. The smallest absolute Gasteiger partial charge is 0.231 e. The van der Waals surface area contributed by atoms with Crippen LogP contribution in [-0.4, -0.2) is 39.0 Å². The Kier molecular flexibility index (Phi) is 3.92. The van der Waals surface area contributed by atoms with E-state index in [1.54, 1.807) is 17.9 Å². The molecule has 1 atom stereocenters. The Hall–Kier alpha value is -2.81. The van der Waals surface area contributed by atoms with Crippen LogP contribution in [-0.2, 0) is 11.8 Å². The molecule has 9 heteroatoms. The van der Waals surface area contributed by atoms with E-state index in [0.29, 0.717) is 30.4 Å². The van der Waals surface area contributed by atoms with Gasteiger partial charge in [-0.2, -0.15) is 15.1 Å². The van der Waals surface area contributed by atoms with Crippen molar-refractivity contribution in [1.29, 1.82) is 0 Å². The van der Waals surface area contributed by atoms with Crippen LogP contribution in [0.3, 0.4) is 0 Å². The molecule has 25 heavy (non-hydrogen) atoms. The Morgan fingerprint density at radius 1 is 1.24 bits per heavy atom. The van der Waals surface area contributed by atoms with Gasteiger partial charge in [0.2, 0.25) is 5.95 Å². The van der Waals surface area contributed by atoms with Crippen LogP contribution >= 0.6 is 0 Å². The molecule has 7 nitrogen and oxygen atoms in total. The van der Waals surface area contributed by atoms with E-state index < -0.39 is 11.6 Å². The van der Waals surface area contributed by atoms with Gasteiger partial charge in [0.25, 0.3) is 0 Å². The Morgan fingerprint density at radius 2 is 2.12 bits per heavy atom. The molecule has 0 spiro atoms. The number of halogens is 2. The second kappa shape index (κ2) is 6.25. The largest absolute Gasteiger partial charge is 0.379 e. The van der Waals surface area contributed by atoms with Gasteiger partial charge in [-0.3, -0.25) is 4.68 Å². The molecule has 1 saturated heterocycles. The number of fused-ring (bicyclic) bond motifs is 1. The average Bonchev–Trinajstić information content (AvgIpc) is 3.22. The monoisotopic (exact) mass is 346 g/mol. The molecule has 0 aliphatic carbocycles. The molecular formula is C16H16F2N6O. The summed E-state index contributed by atoms with van der Waals surface area (Å²) in [5.74, 6) is -0.951. The van der Waals surface area contributed by atoms with Gasteiger partial charge in [0, 0.05) is 25.4 Å². The molecule has 4 rings (SSSR count). The van der Waals surface area contributed by atoms with Crippen molar-refractivity contribution in [3.63, 3.8) is 0 Å². The third kappa shape index (κ3) is 3.10. The summed E-state index contributed by atoms with van der Waals surface area (Å²) in [6.45, 7) is 1.32. The molecule has 0 radical (unpaired) electrons. The summed E-state index contributed by atoms with van der Waals surface area (Å²) in [4.78, 5) is 8.87. The average molecular weight is 346 g/mol. The number of hydrogen-bond donors (Lipinski definition) is 2. The summed E-state index contributed by atoms with van der Waals surface area (Å²) >= 11 is 0. The summed E-state index contributed by atoms with van der Waals surface area (Å²) < 4.78 is 33.5. The van der Waals surface area contributed by atoms with Gasteiger partial charge >= 0.3 is 0 Å². The number of ether oxygens (including phenoxy) is 1. The zero-order valence-electron chi connectivity index (χ0n) is 13.5. The Labute approximate surface area is 142 Å². The summed E-state index contributed by atoms with van der Waals surface area (Å²) in [7, 11) is 1.78. The molecule has 0 saturated carbocycles. The first-order chi connectivity index (χ1) is 12.1. The number of benzene rings is 1. The minimum absolute atomic E-state index is 0.162. The van der Waals surface area contributed by atoms with Crippen molar-refractivity contribution in [2.24, 2.45) is 7.05 Å². The van der Waals surface area contributed by atoms with E-state index in [1.807, 2.05) is 0 Å². The summed E-state index contributed by atoms with van der Waals surface area (Å²) in [6.07, 6.45) is 2.58. The van der Waals surface area contributed by atoms with Crippen molar-refractivity contribution < 1.29 is 13.5 Å². The SMILES string of the molecule is Cn1ncc2c(NC3CCOC3)nc(Nc3ccc(F)c(F)c3)nc21. The maximum atomic E-state index is 13.4. The Balaban J connectivity index is 1.70. The van der Waals surface area contributed by atoms with Gasteiger partial charge in [0.15, 0.2) is 17.3 Å². The van der Waals surface area contributed by atoms with E-state index >= 15 is 0 Å². The van der Waals surface area contributed by atoms with Crippen LogP contribution in [0.4, 0.5) is 26.2 Å². The normalized spacial score (nSPS) is 17.2. The molecule has 1 unspecified atom stereocenters. The summed E-state index contributed by atoms with van der Waals surface area (Å²) in [5.41, 5.74) is 0.983. The molecule has 1 fully saturated rings. The first kappa shape index (κ1) is 15.7. The van der Waals surface area contributed by atoms with E-state index in [2.05, 4.69) is 25.7 Å². The van der Waals surface area contributed by atoms with E-state index in [1.165, 1.54) is 6.07 Å². The lowest BCUT2D eigenvalue weighted by Gasteiger charge is -2.14. The molecule has 130 valence electrons. The van der Waals surface area contributed by atoms with Gasteiger partial charge in [0.1, 0.15) is 5.82 Å². The lowest BCUT2D eigenvalue weighted by Crippen LogP contribution is -2.20. The molecule has 3 aromatic rings. The zero-order valence-corrected chi connectivity index (χ0v) is 13.5. The lowest BCUT2D eigenvalue weighted by atomic mass is 10.2. The minimum atomic E-state index is -0.937. The highest BCUT2D eigenvalue weighted by atomic mass is 19.2. The second-order valence-corrected chi connectivity index (χ2v) is 5.86. The fourth-order valence-electron chi connectivity index (χ4n) is 2.73. The molecule has 3 heterocycles. The Bertz CT molecular complexity index is 922. The molecular weight excluding hydrogens is 330 g/mol. The lowest BCUT2D eigenvalue weighted by molar-refractivity contribution is 0.195. The molecule has 2 N–H and O–H groups in total.